The molecule has 1 fully saturated rings. The summed E-state index contributed by atoms with van der Waals surface area (Å²) >= 11 is 0. The molecule has 3 rings (SSSR count). The van der Waals surface area contributed by atoms with Crippen LogP contribution < -0.4 is 10.6 Å². The van der Waals surface area contributed by atoms with Gasteiger partial charge in [-0.05, 0) is 48.4 Å². The zero-order valence-corrected chi connectivity index (χ0v) is 13.6. The number of rotatable bonds is 5. The van der Waals surface area contributed by atoms with Crippen molar-refractivity contribution >= 4 is 17.5 Å². The molecule has 0 aromatic heterocycles. The Hall–Kier alpha value is -2.73. The minimum atomic E-state index is -0.353. The Morgan fingerprint density at radius 2 is 1.80 bits per heavy atom. The molecular formula is C19H19FN2O3. The highest BCUT2D eigenvalue weighted by atomic mass is 19.1. The minimum absolute atomic E-state index is 0.00405. The van der Waals surface area contributed by atoms with Gasteiger partial charge in [0.25, 0.3) is 5.91 Å². The zero-order chi connectivity index (χ0) is 17.6. The van der Waals surface area contributed by atoms with E-state index in [4.69, 9.17) is 4.74 Å². The van der Waals surface area contributed by atoms with E-state index in [9.17, 15) is 14.0 Å². The third-order valence-electron chi connectivity index (χ3n) is 4.09. The lowest BCUT2D eigenvalue weighted by molar-refractivity contribution is -0.125. The molecule has 130 valence electrons. The van der Waals surface area contributed by atoms with Gasteiger partial charge >= 0.3 is 0 Å². The maximum atomic E-state index is 12.9. The Kier molecular flexibility index (Phi) is 5.40. The van der Waals surface area contributed by atoms with Gasteiger partial charge in [-0.1, -0.05) is 12.1 Å². The van der Waals surface area contributed by atoms with E-state index >= 15 is 0 Å². The maximum absolute atomic E-state index is 12.9. The number of anilines is 1. The summed E-state index contributed by atoms with van der Waals surface area (Å²) in [6, 6.07) is 12.6. The SMILES string of the molecule is O=C(Nc1ccc(F)cc1)c1ccc(CNC(=O)[C@H]2CCOC2)cc1. The van der Waals surface area contributed by atoms with Gasteiger partial charge in [0.05, 0.1) is 12.5 Å². The summed E-state index contributed by atoms with van der Waals surface area (Å²) in [6.45, 7) is 1.53. The summed E-state index contributed by atoms with van der Waals surface area (Å²) in [4.78, 5) is 24.1. The predicted molar refractivity (Wildman–Crippen MR) is 91.6 cm³/mol. The number of carbonyl (C=O) groups is 2. The molecule has 5 nitrogen and oxygen atoms in total. The lowest BCUT2D eigenvalue weighted by atomic mass is 10.1. The molecule has 2 N–H and O–H groups in total. The fraction of sp³-hybridized carbons (Fsp3) is 0.263. The molecule has 2 aromatic rings. The first-order valence-electron chi connectivity index (χ1n) is 8.13. The van der Waals surface area contributed by atoms with Crippen LogP contribution in [0.3, 0.4) is 0 Å². The van der Waals surface area contributed by atoms with E-state index in [0.29, 0.717) is 31.0 Å². The van der Waals surface area contributed by atoms with E-state index in [-0.39, 0.29) is 23.5 Å². The molecular weight excluding hydrogens is 323 g/mol. The second-order valence-electron chi connectivity index (χ2n) is 5.94. The summed E-state index contributed by atoms with van der Waals surface area (Å²) < 4.78 is 18.1. The third kappa shape index (κ3) is 4.64. The summed E-state index contributed by atoms with van der Waals surface area (Å²) in [5.74, 6) is -0.699. The molecule has 0 saturated carbocycles. The molecule has 1 atom stereocenters. The molecule has 6 heteroatoms. The molecule has 0 spiro atoms. The first-order valence-corrected chi connectivity index (χ1v) is 8.13. The van der Waals surface area contributed by atoms with E-state index in [0.717, 1.165) is 12.0 Å². The van der Waals surface area contributed by atoms with Crippen LogP contribution >= 0.6 is 0 Å². The number of hydrogen-bond acceptors (Lipinski definition) is 3. The summed E-state index contributed by atoms with van der Waals surface area (Å²) in [5, 5.41) is 5.58. The highest BCUT2D eigenvalue weighted by Crippen LogP contribution is 2.13. The van der Waals surface area contributed by atoms with Gasteiger partial charge in [-0.25, -0.2) is 4.39 Å². The van der Waals surface area contributed by atoms with Crippen molar-refractivity contribution in [1.29, 1.82) is 0 Å². The Labute approximate surface area is 145 Å². The quantitative estimate of drug-likeness (QED) is 0.878. The van der Waals surface area contributed by atoms with Gasteiger partial charge in [0.15, 0.2) is 0 Å². The number of carbonyl (C=O) groups excluding carboxylic acids is 2. The van der Waals surface area contributed by atoms with Crippen LogP contribution in [-0.4, -0.2) is 25.0 Å². The van der Waals surface area contributed by atoms with Crippen LogP contribution in [0.5, 0.6) is 0 Å². The molecule has 25 heavy (non-hydrogen) atoms. The van der Waals surface area contributed by atoms with E-state index in [1.165, 1.54) is 24.3 Å². The van der Waals surface area contributed by atoms with E-state index in [1.54, 1.807) is 24.3 Å². The Morgan fingerprint density at radius 3 is 2.44 bits per heavy atom. The van der Waals surface area contributed by atoms with Crippen LogP contribution in [-0.2, 0) is 16.1 Å². The average Bonchev–Trinajstić information content (AvgIpc) is 3.17. The van der Waals surface area contributed by atoms with Gasteiger partial charge in [0, 0.05) is 24.4 Å². The molecule has 0 aliphatic carbocycles. The monoisotopic (exact) mass is 342 g/mol. The van der Waals surface area contributed by atoms with E-state index in [1.807, 2.05) is 0 Å². The smallest absolute Gasteiger partial charge is 0.255 e. The fourth-order valence-electron chi connectivity index (χ4n) is 2.59. The van der Waals surface area contributed by atoms with Gasteiger partial charge < -0.3 is 15.4 Å². The summed E-state index contributed by atoms with van der Waals surface area (Å²) in [5.41, 5.74) is 1.93. The van der Waals surface area contributed by atoms with Crippen molar-refractivity contribution in [3.8, 4) is 0 Å². The minimum Gasteiger partial charge on any atom is -0.381 e. The van der Waals surface area contributed by atoms with Gasteiger partial charge in [0.2, 0.25) is 5.91 Å². The largest absolute Gasteiger partial charge is 0.381 e. The number of hydrogen-bond donors (Lipinski definition) is 2. The number of benzene rings is 2. The van der Waals surface area contributed by atoms with Crippen molar-refractivity contribution in [3.63, 3.8) is 0 Å². The number of ether oxygens (including phenoxy) is 1. The molecule has 0 unspecified atom stereocenters. The average molecular weight is 342 g/mol. The van der Waals surface area contributed by atoms with Crippen LogP contribution in [0.1, 0.15) is 22.3 Å². The first-order chi connectivity index (χ1) is 12.1. The molecule has 2 aromatic carbocycles. The first kappa shape index (κ1) is 17.1. The Balaban J connectivity index is 1.53. The van der Waals surface area contributed by atoms with Crippen molar-refractivity contribution in [2.75, 3.05) is 18.5 Å². The van der Waals surface area contributed by atoms with Gasteiger partial charge in [-0.15, -0.1) is 0 Å². The molecule has 1 saturated heterocycles. The van der Waals surface area contributed by atoms with Crippen LogP contribution in [0, 0.1) is 11.7 Å². The molecule has 1 aliphatic rings. The van der Waals surface area contributed by atoms with Crippen molar-refractivity contribution in [2.24, 2.45) is 5.92 Å². The molecule has 1 heterocycles. The molecule has 1 aliphatic heterocycles. The third-order valence-corrected chi connectivity index (χ3v) is 4.09. The number of halogens is 1. The number of amides is 2. The predicted octanol–water partition coefficient (Wildman–Crippen LogP) is 2.73. The van der Waals surface area contributed by atoms with Crippen LogP contribution in [0.15, 0.2) is 48.5 Å². The fourth-order valence-corrected chi connectivity index (χ4v) is 2.59. The highest BCUT2D eigenvalue weighted by molar-refractivity contribution is 6.04. The Morgan fingerprint density at radius 1 is 1.08 bits per heavy atom. The topological polar surface area (TPSA) is 67.4 Å². The van der Waals surface area contributed by atoms with Crippen molar-refractivity contribution in [3.05, 3.63) is 65.5 Å². The maximum Gasteiger partial charge on any atom is 0.255 e. The van der Waals surface area contributed by atoms with Crippen LogP contribution in [0.4, 0.5) is 10.1 Å². The molecule has 0 bridgehead atoms. The normalized spacial score (nSPS) is 16.4. The lowest BCUT2D eigenvalue weighted by Crippen LogP contribution is -2.30. The Bertz CT molecular complexity index is 738. The van der Waals surface area contributed by atoms with Crippen LogP contribution in [0.2, 0.25) is 0 Å². The standard InChI is InChI=1S/C19H19FN2O3/c20-16-5-7-17(8-6-16)22-19(24)14-3-1-13(2-4-14)11-21-18(23)15-9-10-25-12-15/h1-8,15H,9-12H2,(H,21,23)(H,22,24)/t15-/m0/s1. The molecule has 2 amide bonds. The van der Waals surface area contributed by atoms with E-state index in [2.05, 4.69) is 10.6 Å². The van der Waals surface area contributed by atoms with Crippen molar-refractivity contribution in [2.45, 2.75) is 13.0 Å². The van der Waals surface area contributed by atoms with Gasteiger partial charge in [0.1, 0.15) is 5.82 Å². The van der Waals surface area contributed by atoms with E-state index < -0.39 is 0 Å². The second kappa shape index (κ2) is 7.90. The lowest BCUT2D eigenvalue weighted by Gasteiger charge is -2.10. The van der Waals surface area contributed by atoms with Crippen molar-refractivity contribution < 1.29 is 18.7 Å². The zero-order valence-electron chi connectivity index (χ0n) is 13.6. The van der Waals surface area contributed by atoms with Crippen molar-refractivity contribution in [1.82, 2.24) is 5.32 Å². The van der Waals surface area contributed by atoms with Gasteiger partial charge in [-0.3, -0.25) is 9.59 Å². The number of nitrogens with one attached hydrogen (secondary N) is 2. The van der Waals surface area contributed by atoms with Gasteiger partial charge in [-0.2, -0.15) is 0 Å². The molecule has 0 radical (unpaired) electrons. The van der Waals surface area contributed by atoms with Crippen LogP contribution in [0.25, 0.3) is 0 Å². The summed E-state index contributed by atoms with van der Waals surface area (Å²) in [6.07, 6.45) is 0.758. The summed E-state index contributed by atoms with van der Waals surface area (Å²) in [7, 11) is 0. The highest BCUT2D eigenvalue weighted by Gasteiger charge is 2.22. The second-order valence-corrected chi connectivity index (χ2v) is 5.94.